The van der Waals surface area contributed by atoms with Gasteiger partial charge in [0.1, 0.15) is 11.8 Å². The smallest absolute Gasteiger partial charge is 0.340 e. The minimum absolute atomic E-state index is 0.00580. The van der Waals surface area contributed by atoms with Gasteiger partial charge in [-0.25, -0.2) is 9.59 Å². The molecule has 0 unspecified atom stereocenters. The molecule has 0 bridgehead atoms. The van der Waals surface area contributed by atoms with Gasteiger partial charge in [-0.2, -0.15) is 0 Å². The van der Waals surface area contributed by atoms with Gasteiger partial charge in [0.15, 0.2) is 5.58 Å². The highest BCUT2D eigenvalue weighted by Crippen LogP contribution is 2.30. The Balaban J connectivity index is 2.07. The van der Waals surface area contributed by atoms with Crippen molar-refractivity contribution in [2.24, 2.45) is 0 Å². The summed E-state index contributed by atoms with van der Waals surface area (Å²) in [7, 11) is 2.46. The second kappa shape index (κ2) is 7.14. The number of aryl methyl sites for hydroxylation is 1. The molecule has 3 aromatic heterocycles. The predicted octanol–water partition coefficient (Wildman–Crippen LogP) is 3.53. The third-order valence-corrected chi connectivity index (χ3v) is 5.09. The van der Waals surface area contributed by atoms with Crippen molar-refractivity contribution in [1.82, 2.24) is 9.97 Å². The minimum atomic E-state index is -0.726. The molecule has 0 aliphatic carbocycles. The first-order valence-corrected chi connectivity index (χ1v) is 9.09. The first-order valence-electron chi connectivity index (χ1n) is 9.09. The van der Waals surface area contributed by atoms with Gasteiger partial charge < -0.3 is 18.9 Å². The molecule has 0 aliphatic heterocycles. The van der Waals surface area contributed by atoms with Gasteiger partial charge in [0, 0.05) is 10.9 Å². The van der Waals surface area contributed by atoms with E-state index in [9.17, 15) is 14.4 Å². The van der Waals surface area contributed by atoms with Crippen molar-refractivity contribution in [3.05, 3.63) is 63.1 Å². The van der Waals surface area contributed by atoms with Gasteiger partial charge in [0.25, 0.3) is 0 Å². The summed E-state index contributed by atoms with van der Waals surface area (Å²) in [6.07, 6.45) is 1.27. The van der Waals surface area contributed by atoms with Crippen LogP contribution in [-0.2, 0) is 9.47 Å². The molecule has 1 aromatic carbocycles. The Labute approximate surface area is 170 Å². The van der Waals surface area contributed by atoms with Gasteiger partial charge in [-0.15, -0.1) is 0 Å². The average Bonchev–Trinajstić information content (AvgIpc) is 3.12. The van der Waals surface area contributed by atoms with Crippen molar-refractivity contribution in [2.45, 2.75) is 13.8 Å². The number of rotatable bonds is 3. The number of carbonyl (C=O) groups excluding carboxylic acids is 2. The predicted molar refractivity (Wildman–Crippen MR) is 110 cm³/mol. The Bertz CT molecular complexity index is 1400. The number of aromatic amines is 1. The van der Waals surface area contributed by atoms with E-state index in [0.717, 1.165) is 10.9 Å². The Morgan fingerprint density at radius 2 is 1.70 bits per heavy atom. The van der Waals surface area contributed by atoms with Gasteiger partial charge in [-0.3, -0.25) is 9.78 Å². The number of fused-ring (bicyclic) bond motifs is 3. The number of pyridine rings is 1. The molecule has 4 rings (SSSR count). The first-order chi connectivity index (χ1) is 14.4. The highest BCUT2D eigenvalue weighted by molar-refractivity contribution is 6.06. The number of methoxy groups -OCH3 is 2. The molecule has 4 aromatic rings. The highest BCUT2D eigenvalue weighted by atomic mass is 16.5. The second-order valence-electron chi connectivity index (χ2n) is 6.76. The van der Waals surface area contributed by atoms with Gasteiger partial charge in [-0.05, 0) is 31.5 Å². The molecule has 0 spiro atoms. The Hall–Kier alpha value is -3.94. The van der Waals surface area contributed by atoms with Crippen LogP contribution < -0.4 is 5.43 Å². The zero-order chi connectivity index (χ0) is 21.6. The lowest BCUT2D eigenvalue weighted by molar-refractivity contribution is 0.0596. The number of hydrogen-bond acceptors (Lipinski definition) is 7. The number of carbonyl (C=O) groups is 2. The lowest BCUT2D eigenvalue weighted by atomic mass is 9.96. The number of benzene rings is 1. The largest absolute Gasteiger partial charge is 0.465 e. The van der Waals surface area contributed by atoms with Crippen LogP contribution in [0.15, 0.2) is 39.7 Å². The molecular weight excluding hydrogens is 388 g/mol. The molecule has 0 fully saturated rings. The highest BCUT2D eigenvalue weighted by Gasteiger charge is 2.28. The van der Waals surface area contributed by atoms with Crippen molar-refractivity contribution in [1.29, 1.82) is 0 Å². The lowest BCUT2D eigenvalue weighted by Gasteiger charge is -2.15. The number of nitrogens with zero attached hydrogens (tertiary/aromatic N) is 1. The number of para-hydroxylation sites is 1. The summed E-state index contributed by atoms with van der Waals surface area (Å²) in [6, 6.07) is 7.37. The fourth-order valence-electron chi connectivity index (χ4n) is 3.67. The molecule has 30 heavy (non-hydrogen) atoms. The van der Waals surface area contributed by atoms with Crippen LogP contribution in [0, 0.1) is 13.8 Å². The summed E-state index contributed by atoms with van der Waals surface area (Å²) < 4.78 is 15.5. The summed E-state index contributed by atoms with van der Waals surface area (Å²) in [5, 5.41) is 0.769. The van der Waals surface area contributed by atoms with E-state index in [1.165, 1.54) is 20.5 Å². The van der Waals surface area contributed by atoms with Gasteiger partial charge in [0.05, 0.1) is 42.3 Å². The number of hydrogen-bond donors (Lipinski definition) is 1. The maximum absolute atomic E-state index is 13.3. The molecule has 0 saturated heterocycles. The van der Waals surface area contributed by atoms with E-state index in [1.807, 2.05) is 24.3 Å². The topological polar surface area (TPSA) is 111 Å². The lowest BCUT2D eigenvalue weighted by Crippen LogP contribution is -2.18. The van der Waals surface area contributed by atoms with Crippen LogP contribution in [0.4, 0.5) is 0 Å². The second-order valence-corrected chi connectivity index (χ2v) is 6.76. The summed E-state index contributed by atoms with van der Waals surface area (Å²) in [5.41, 5.74) is 2.00. The number of ether oxygens (including phenoxy) is 2. The summed E-state index contributed by atoms with van der Waals surface area (Å²) >= 11 is 0. The summed E-state index contributed by atoms with van der Waals surface area (Å²) in [6.45, 7) is 3.19. The molecule has 8 heteroatoms. The first kappa shape index (κ1) is 19.4. The molecule has 1 N–H and O–H groups in total. The third-order valence-electron chi connectivity index (χ3n) is 5.09. The zero-order valence-electron chi connectivity index (χ0n) is 16.8. The van der Waals surface area contributed by atoms with E-state index in [2.05, 4.69) is 9.97 Å². The number of H-pyrrole nitrogens is 1. The Kier molecular flexibility index (Phi) is 4.62. The fourth-order valence-corrected chi connectivity index (χ4v) is 3.67. The summed E-state index contributed by atoms with van der Waals surface area (Å²) in [4.78, 5) is 45.5. The van der Waals surface area contributed by atoms with E-state index in [-0.39, 0.29) is 33.3 Å². The van der Waals surface area contributed by atoms with Gasteiger partial charge in [-0.1, -0.05) is 12.1 Å². The normalized spacial score (nSPS) is 11.1. The Morgan fingerprint density at radius 3 is 2.40 bits per heavy atom. The van der Waals surface area contributed by atoms with Crippen LogP contribution in [-0.4, -0.2) is 36.1 Å². The average molecular weight is 406 g/mol. The third kappa shape index (κ3) is 2.76. The van der Waals surface area contributed by atoms with Crippen molar-refractivity contribution in [2.75, 3.05) is 14.2 Å². The van der Waals surface area contributed by atoms with Crippen molar-refractivity contribution < 1.29 is 23.5 Å². The van der Waals surface area contributed by atoms with E-state index >= 15 is 0 Å². The van der Waals surface area contributed by atoms with Crippen LogP contribution in [0.5, 0.6) is 0 Å². The SMILES string of the molecule is COC(=O)c1c(C)nc(-c2coc3c([nH]c4ccccc43)c2=O)c(C(=O)OC)c1C. The fraction of sp³-hybridized carbons (Fsp3) is 0.182. The van der Waals surface area contributed by atoms with Crippen LogP contribution in [0.25, 0.3) is 33.3 Å². The minimum Gasteiger partial charge on any atom is -0.465 e. The van der Waals surface area contributed by atoms with E-state index in [1.54, 1.807) is 13.8 Å². The van der Waals surface area contributed by atoms with E-state index in [4.69, 9.17) is 13.9 Å². The van der Waals surface area contributed by atoms with Gasteiger partial charge >= 0.3 is 11.9 Å². The van der Waals surface area contributed by atoms with E-state index < -0.39 is 11.9 Å². The Morgan fingerprint density at radius 1 is 1.03 bits per heavy atom. The molecule has 8 nitrogen and oxygen atoms in total. The van der Waals surface area contributed by atoms with Crippen molar-refractivity contribution in [3.8, 4) is 11.3 Å². The number of aromatic nitrogens is 2. The molecule has 3 heterocycles. The molecule has 0 amide bonds. The molecule has 0 aliphatic rings. The van der Waals surface area contributed by atoms with Crippen LogP contribution in [0.2, 0.25) is 0 Å². The zero-order valence-corrected chi connectivity index (χ0v) is 16.8. The van der Waals surface area contributed by atoms with Crippen LogP contribution in [0.1, 0.15) is 32.0 Å². The quantitative estimate of drug-likeness (QED) is 0.518. The van der Waals surface area contributed by atoms with Crippen molar-refractivity contribution >= 4 is 33.9 Å². The molecule has 0 atom stereocenters. The van der Waals surface area contributed by atoms with E-state index in [0.29, 0.717) is 16.8 Å². The maximum atomic E-state index is 13.3. The molecule has 0 radical (unpaired) electrons. The molecule has 0 saturated carbocycles. The van der Waals surface area contributed by atoms with Crippen LogP contribution >= 0.6 is 0 Å². The number of esters is 2. The number of nitrogens with one attached hydrogen (secondary N) is 1. The summed E-state index contributed by atoms with van der Waals surface area (Å²) in [5.74, 6) is -1.36. The van der Waals surface area contributed by atoms with Gasteiger partial charge in [0.2, 0.25) is 5.43 Å². The molecule has 152 valence electrons. The standard InChI is InChI=1S/C22H18N2O6/c1-10-15(21(26)28-3)11(2)23-17(16(10)22(27)29-4)13-9-30-20-12-7-5-6-8-14(12)24-18(20)19(13)25/h5-9,24H,1-4H3. The van der Waals surface area contributed by atoms with Crippen molar-refractivity contribution in [3.63, 3.8) is 0 Å². The molecular formula is C22H18N2O6. The van der Waals surface area contributed by atoms with Crippen LogP contribution in [0.3, 0.4) is 0 Å². The maximum Gasteiger partial charge on any atom is 0.340 e. The monoisotopic (exact) mass is 406 g/mol.